The monoisotopic (exact) mass is 261 g/mol. The van der Waals surface area contributed by atoms with E-state index in [4.69, 9.17) is 5.21 Å². The Morgan fingerprint density at radius 3 is 3.05 bits per heavy atom. The molecule has 3 rings (SSSR count). The van der Waals surface area contributed by atoms with E-state index in [1.807, 2.05) is 19.3 Å². The number of fused-ring (bicyclic) bond motifs is 1. The fourth-order valence-electron chi connectivity index (χ4n) is 2.52. The SMILES string of the molecule is CN(c1ncnc2[nH]ccc12)C1CC(C(=O)NO)C1. The number of hydrogen-bond donors (Lipinski definition) is 3. The van der Waals surface area contributed by atoms with Gasteiger partial charge in [0.25, 0.3) is 0 Å². The Morgan fingerprint density at radius 2 is 2.32 bits per heavy atom. The van der Waals surface area contributed by atoms with Gasteiger partial charge in [-0.15, -0.1) is 0 Å². The molecule has 0 radical (unpaired) electrons. The van der Waals surface area contributed by atoms with Crippen molar-refractivity contribution in [3.8, 4) is 0 Å². The summed E-state index contributed by atoms with van der Waals surface area (Å²) < 4.78 is 0. The van der Waals surface area contributed by atoms with Crippen LogP contribution in [0.25, 0.3) is 11.0 Å². The molecule has 0 spiro atoms. The number of hydrogen-bond acceptors (Lipinski definition) is 5. The van der Waals surface area contributed by atoms with Crippen LogP contribution in [0.5, 0.6) is 0 Å². The van der Waals surface area contributed by atoms with Crippen molar-refractivity contribution < 1.29 is 10.0 Å². The van der Waals surface area contributed by atoms with Crippen molar-refractivity contribution in [1.29, 1.82) is 0 Å². The lowest BCUT2D eigenvalue weighted by atomic mass is 9.79. The average Bonchev–Trinajstić information content (AvgIpc) is 2.84. The van der Waals surface area contributed by atoms with Crippen molar-refractivity contribution in [3.63, 3.8) is 0 Å². The lowest BCUT2D eigenvalue weighted by Crippen LogP contribution is -2.48. The number of hydroxylamine groups is 1. The molecule has 1 aliphatic carbocycles. The number of aromatic nitrogens is 3. The number of rotatable bonds is 3. The van der Waals surface area contributed by atoms with Gasteiger partial charge in [0, 0.05) is 25.2 Å². The van der Waals surface area contributed by atoms with Crippen molar-refractivity contribution in [1.82, 2.24) is 20.4 Å². The van der Waals surface area contributed by atoms with Crippen molar-refractivity contribution >= 4 is 22.8 Å². The van der Waals surface area contributed by atoms with E-state index in [2.05, 4.69) is 19.9 Å². The summed E-state index contributed by atoms with van der Waals surface area (Å²) >= 11 is 0. The Kier molecular flexibility index (Phi) is 2.83. The van der Waals surface area contributed by atoms with Crippen molar-refractivity contribution in [2.45, 2.75) is 18.9 Å². The van der Waals surface area contributed by atoms with Crippen molar-refractivity contribution in [2.75, 3.05) is 11.9 Å². The summed E-state index contributed by atoms with van der Waals surface area (Å²) in [5, 5.41) is 9.56. The second-order valence-corrected chi connectivity index (χ2v) is 4.85. The molecule has 100 valence electrons. The molecule has 0 aliphatic heterocycles. The summed E-state index contributed by atoms with van der Waals surface area (Å²) in [6.07, 6.45) is 4.80. The lowest BCUT2D eigenvalue weighted by Gasteiger charge is -2.40. The largest absolute Gasteiger partial charge is 0.356 e. The minimum absolute atomic E-state index is 0.110. The molecular weight excluding hydrogens is 246 g/mol. The molecule has 1 amide bonds. The smallest absolute Gasteiger partial charge is 0.246 e. The number of nitrogens with one attached hydrogen (secondary N) is 2. The third-order valence-corrected chi connectivity index (χ3v) is 3.81. The zero-order chi connectivity index (χ0) is 13.4. The first-order chi connectivity index (χ1) is 9.20. The van der Waals surface area contributed by atoms with Crippen LogP contribution in [0.15, 0.2) is 18.6 Å². The van der Waals surface area contributed by atoms with E-state index in [0.717, 1.165) is 29.7 Å². The van der Waals surface area contributed by atoms with Crippen molar-refractivity contribution in [2.24, 2.45) is 5.92 Å². The number of anilines is 1. The molecule has 0 aromatic carbocycles. The van der Waals surface area contributed by atoms with Gasteiger partial charge in [0.2, 0.25) is 5.91 Å². The highest BCUT2D eigenvalue weighted by atomic mass is 16.5. The fraction of sp³-hybridized carbons (Fsp3) is 0.417. The van der Waals surface area contributed by atoms with Gasteiger partial charge in [0.05, 0.1) is 5.39 Å². The van der Waals surface area contributed by atoms with E-state index in [1.165, 1.54) is 6.33 Å². The van der Waals surface area contributed by atoms with Crippen LogP contribution in [-0.2, 0) is 4.79 Å². The number of aromatic amines is 1. The van der Waals surface area contributed by atoms with Gasteiger partial charge in [-0.05, 0) is 18.9 Å². The van der Waals surface area contributed by atoms with Crippen LogP contribution in [0.1, 0.15) is 12.8 Å². The van der Waals surface area contributed by atoms with Gasteiger partial charge in [-0.2, -0.15) is 0 Å². The Labute approximate surface area is 109 Å². The maximum Gasteiger partial charge on any atom is 0.246 e. The van der Waals surface area contributed by atoms with E-state index in [-0.39, 0.29) is 17.9 Å². The summed E-state index contributed by atoms with van der Waals surface area (Å²) in [6, 6.07) is 2.20. The number of carbonyl (C=O) groups is 1. The van der Waals surface area contributed by atoms with Crippen LogP contribution in [0.2, 0.25) is 0 Å². The molecule has 1 fully saturated rings. The van der Waals surface area contributed by atoms with E-state index in [9.17, 15) is 4.79 Å². The number of carbonyl (C=O) groups excluding carboxylic acids is 1. The fourth-order valence-corrected chi connectivity index (χ4v) is 2.52. The molecule has 0 atom stereocenters. The molecule has 0 unspecified atom stereocenters. The highest BCUT2D eigenvalue weighted by molar-refractivity contribution is 5.87. The van der Waals surface area contributed by atoms with E-state index in [0.29, 0.717) is 0 Å². The van der Waals surface area contributed by atoms with Gasteiger partial charge < -0.3 is 9.88 Å². The molecule has 0 saturated heterocycles. The van der Waals surface area contributed by atoms with Crippen LogP contribution in [0, 0.1) is 5.92 Å². The topological polar surface area (TPSA) is 94.1 Å². The van der Waals surface area contributed by atoms with Crippen LogP contribution < -0.4 is 10.4 Å². The van der Waals surface area contributed by atoms with Gasteiger partial charge in [0.1, 0.15) is 17.8 Å². The highest BCUT2D eigenvalue weighted by Crippen LogP contribution is 2.34. The van der Waals surface area contributed by atoms with Gasteiger partial charge in [0.15, 0.2) is 0 Å². The molecule has 2 aromatic rings. The van der Waals surface area contributed by atoms with E-state index >= 15 is 0 Å². The molecule has 1 saturated carbocycles. The summed E-state index contributed by atoms with van der Waals surface area (Å²) in [4.78, 5) is 24.8. The molecule has 7 heteroatoms. The van der Waals surface area contributed by atoms with Crippen LogP contribution in [0.3, 0.4) is 0 Å². The van der Waals surface area contributed by atoms with E-state index < -0.39 is 0 Å². The molecule has 1 aliphatic rings. The molecule has 2 heterocycles. The lowest BCUT2D eigenvalue weighted by molar-refractivity contribution is -0.136. The normalized spacial score (nSPS) is 22.0. The van der Waals surface area contributed by atoms with Gasteiger partial charge in [-0.1, -0.05) is 0 Å². The standard InChI is InChI=1S/C12H15N5O2/c1-17(8-4-7(5-8)12(18)16-19)11-9-2-3-13-10(9)14-6-15-11/h2-3,6-8,19H,4-5H2,1H3,(H,16,18)(H,13,14,15). The van der Waals surface area contributed by atoms with Gasteiger partial charge in [-0.25, -0.2) is 15.4 Å². The maximum atomic E-state index is 11.3. The van der Waals surface area contributed by atoms with Crippen LogP contribution in [0.4, 0.5) is 5.82 Å². The first kappa shape index (κ1) is 11.9. The van der Waals surface area contributed by atoms with E-state index in [1.54, 1.807) is 5.48 Å². The predicted octanol–water partition coefficient (Wildman–Crippen LogP) is 0.678. The third-order valence-electron chi connectivity index (χ3n) is 3.81. The molecule has 0 bridgehead atoms. The molecule has 2 aromatic heterocycles. The first-order valence-corrected chi connectivity index (χ1v) is 6.15. The Hall–Kier alpha value is -2.15. The minimum atomic E-state index is -0.306. The maximum absolute atomic E-state index is 11.3. The first-order valence-electron chi connectivity index (χ1n) is 6.15. The number of H-pyrrole nitrogens is 1. The van der Waals surface area contributed by atoms with Gasteiger partial charge in [-0.3, -0.25) is 10.0 Å². The number of amides is 1. The summed E-state index contributed by atoms with van der Waals surface area (Å²) in [5.41, 5.74) is 2.51. The summed E-state index contributed by atoms with van der Waals surface area (Å²) in [7, 11) is 1.96. The second-order valence-electron chi connectivity index (χ2n) is 4.85. The Morgan fingerprint density at radius 1 is 1.53 bits per heavy atom. The summed E-state index contributed by atoms with van der Waals surface area (Å²) in [6.45, 7) is 0. The average molecular weight is 261 g/mol. The summed E-state index contributed by atoms with van der Waals surface area (Å²) in [5.74, 6) is 0.444. The number of nitrogens with zero attached hydrogens (tertiary/aromatic N) is 3. The Bertz CT molecular complexity index is 605. The van der Waals surface area contributed by atoms with Gasteiger partial charge >= 0.3 is 0 Å². The van der Waals surface area contributed by atoms with Crippen molar-refractivity contribution in [3.05, 3.63) is 18.6 Å². The minimum Gasteiger partial charge on any atom is -0.356 e. The van der Waals surface area contributed by atoms with Crippen LogP contribution in [-0.4, -0.2) is 39.2 Å². The zero-order valence-corrected chi connectivity index (χ0v) is 10.5. The molecular formula is C12H15N5O2. The second kappa shape index (κ2) is 4.51. The zero-order valence-electron chi connectivity index (χ0n) is 10.5. The third kappa shape index (κ3) is 1.91. The quantitative estimate of drug-likeness (QED) is 0.558. The van der Waals surface area contributed by atoms with Crippen LogP contribution >= 0.6 is 0 Å². The highest BCUT2D eigenvalue weighted by Gasteiger charge is 2.37. The predicted molar refractivity (Wildman–Crippen MR) is 68.7 cm³/mol. The molecule has 3 N–H and O–H groups in total. The molecule has 7 nitrogen and oxygen atoms in total. The molecule has 19 heavy (non-hydrogen) atoms. The Balaban J connectivity index is 1.77.